The number of hydrogen-bond donors (Lipinski definition) is 2. The summed E-state index contributed by atoms with van der Waals surface area (Å²) in [5.41, 5.74) is 1.30. The molecule has 0 spiro atoms. The lowest BCUT2D eigenvalue weighted by atomic mass is 10.0. The fourth-order valence-electron chi connectivity index (χ4n) is 3.60. The fraction of sp³-hybridized carbons (Fsp3) is 0.684. The van der Waals surface area contributed by atoms with Gasteiger partial charge in [0.1, 0.15) is 0 Å². The van der Waals surface area contributed by atoms with Crippen molar-refractivity contribution >= 4 is 0 Å². The summed E-state index contributed by atoms with van der Waals surface area (Å²) in [5, 5.41) is 19.7. The highest BCUT2D eigenvalue weighted by Gasteiger charge is 2.37. The largest absolute Gasteiger partial charge is 0.393 e. The number of likely N-dealkylation sites (N-methyl/N-ethyl adjacent to an activating group) is 1. The lowest BCUT2D eigenvalue weighted by Gasteiger charge is -2.26. The van der Waals surface area contributed by atoms with Crippen LogP contribution in [0.4, 0.5) is 0 Å². The molecule has 4 atom stereocenters. The van der Waals surface area contributed by atoms with Gasteiger partial charge in [-0.25, -0.2) is 0 Å². The van der Waals surface area contributed by atoms with Gasteiger partial charge in [-0.2, -0.15) is 0 Å². The van der Waals surface area contributed by atoms with Crippen molar-refractivity contribution in [2.24, 2.45) is 0 Å². The highest BCUT2D eigenvalue weighted by atomic mass is 16.3. The Balaban J connectivity index is 1.76. The van der Waals surface area contributed by atoms with Crippen LogP contribution >= 0.6 is 0 Å². The maximum atomic E-state index is 10.4. The normalized spacial score (nSPS) is 27.2. The van der Waals surface area contributed by atoms with Crippen molar-refractivity contribution in [1.29, 1.82) is 0 Å². The van der Waals surface area contributed by atoms with E-state index >= 15 is 0 Å². The predicted molar refractivity (Wildman–Crippen MR) is 90.9 cm³/mol. The Kier molecular flexibility index (Phi) is 6.87. The van der Waals surface area contributed by atoms with Gasteiger partial charge in [0, 0.05) is 12.1 Å². The van der Waals surface area contributed by atoms with Crippen LogP contribution in [-0.2, 0) is 6.42 Å². The Bertz CT molecular complexity index is 421. The van der Waals surface area contributed by atoms with Crippen LogP contribution in [0.3, 0.4) is 0 Å². The van der Waals surface area contributed by atoms with Crippen LogP contribution in [0.5, 0.6) is 0 Å². The minimum absolute atomic E-state index is 0.175. The molecule has 3 nitrogen and oxygen atoms in total. The molecular weight excluding hydrogens is 274 g/mol. The van der Waals surface area contributed by atoms with E-state index in [9.17, 15) is 10.2 Å². The average Bonchev–Trinajstić information content (AvgIpc) is 2.75. The van der Waals surface area contributed by atoms with Crippen LogP contribution in [0.15, 0.2) is 30.3 Å². The molecular formula is C19H31NO2. The first-order chi connectivity index (χ1) is 10.6. The Morgan fingerprint density at radius 2 is 1.91 bits per heavy atom. The van der Waals surface area contributed by atoms with Crippen LogP contribution < -0.4 is 0 Å². The third-order valence-electron chi connectivity index (χ3n) is 5.00. The van der Waals surface area contributed by atoms with Gasteiger partial charge in [0.05, 0.1) is 12.2 Å². The summed E-state index contributed by atoms with van der Waals surface area (Å²) in [4.78, 5) is 2.38. The molecule has 124 valence electrons. The quantitative estimate of drug-likeness (QED) is 0.726. The lowest BCUT2D eigenvalue weighted by Crippen LogP contribution is -2.37. The molecule has 1 aromatic rings. The SMILES string of the molecule is CC(O)CCCCCC1CC(O)C(Cc2ccccc2)N1C. The van der Waals surface area contributed by atoms with Crippen molar-refractivity contribution < 1.29 is 10.2 Å². The highest BCUT2D eigenvalue weighted by molar-refractivity contribution is 5.17. The van der Waals surface area contributed by atoms with Crippen molar-refractivity contribution in [3.63, 3.8) is 0 Å². The Labute approximate surface area is 135 Å². The molecule has 0 bridgehead atoms. The van der Waals surface area contributed by atoms with Gasteiger partial charge < -0.3 is 10.2 Å². The predicted octanol–water partition coefficient (Wildman–Crippen LogP) is 2.99. The second-order valence-electron chi connectivity index (χ2n) is 6.87. The molecule has 2 rings (SSSR count). The van der Waals surface area contributed by atoms with E-state index in [0.717, 1.165) is 32.1 Å². The number of benzene rings is 1. The lowest BCUT2D eigenvalue weighted by molar-refractivity contribution is 0.123. The second kappa shape index (κ2) is 8.66. The van der Waals surface area contributed by atoms with Gasteiger partial charge in [0.25, 0.3) is 0 Å². The molecule has 1 fully saturated rings. The van der Waals surface area contributed by atoms with Gasteiger partial charge in [-0.3, -0.25) is 4.90 Å². The van der Waals surface area contributed by atoms with Crippen LogP contribution in [0, 0.1) is 0 Å². The van der Waals surface area contributed by atoms with E-state index in [2.05, 4.69) is 36.2 Å². The summed E-state index contributed by atoms with van der Waals surface area (Å²) in [6.07, 6.45) is 6.95. The van der Waals surface area contributed by atoms with Gasteiger partial charge in [0.2, 0.25) is 0 Å². The molecule has 4 unspecified atom stereocenters. The molecule has 22 heavy (non-hydrogen) atoms. The van der Waals surface area contributed by atoms with Crippen molar-refractivity contribution in [3.05, 3.63) is 35.9 Å². The minimum atomic E-state index is -0.215. The van der Waals surface area contributed by atoms with Gasteiger partial charge >= 0.3 is 0 Å². The summed E-state index contributed by atoms with van der Waals surface area (Å²) in [6, 6.07) is 11.2. The molecule has 0 aromatic heterocycles. The smallest absolute Gasteiger partial charge is 0.0713 e. The van der Waals surface area contributed by atoms with E-state index < -0.39 is 0 Å². The fourth-order valence-corrected chi connectivity index (χ4v) is 3.60. The molecule has 0 radical (unpaired) electrons. The summed E-state index contributed by atoms with van der Waals surface area (Å²) >= 11 is 0. The number of aliphatic hydroxyl groups excluding tert-OH is 2. The van der Waals surface area contributed by atoms with Crippen molar-refractivity contribution in [1.82, 2.24) is 4.90 Å². The number of hydrogen-bond acceptors (Lipinski definition) is 3. The number of nitrogens with zero attached hydrogens (tertiary/aromatic N) is 1. The summed E-state index contributed by atoms with van der Waals surface area (Å²) in [7, 11) is 2.16. The molecule has 1 saturated heterocycles. The van der Waals surface area contributed by atoms with E-state index in [1.807, 2.05) is 13.0 Å². The van der Waals surface area contributed by atoms with Gasteiger partial charge in [0.15, 0.2) is 0 Å². The standard InChI is InChI=1S/C19H31NO2/c1-15(21)9-5-3-8-12-17-14-19(22)18(20(17)2)13-16-10-6-4-7-11-16/h4,6-7,10-11,15,17-19,21-22H,3,5,8-9,12-14H2,1-2H3. The first kappa shape index (κ1) is 17.5. The summed E-state index contributed by atoms with van der Waals surface area (Å²) in [5.74, 6) is 0. The average molecular weight is 305 g/mol. The van der Waals surface area contributed by atoms with Crippen LogP contribution in [-0.4, -0.2) is 46.5 Å². The zero-order chi connectivity index (χ0) is 15.9. The zero-order valence-electron chi connectivity index (χ0n) is 14.0. The summed E-state index contributed by atoms with van der Waals surface area (Å²) in [6.45, 7) is 1.86. The van der Waals surface area contributed by atoms with E-state index in [1.165, 1.54) is 18.4 Å². The van der Waals surface area contributed by atoms with Crippen LogP contribution in [0.25, 0.3) is 0 Å². The number of likely N-dealkylation sites (tertiary alicyclic amines) is 1. The molecule has 0 aliphatic carbocycles. The van der Waals surface area contributed by atoms with Crippen LogP contribution in [0.2, 0.25) is 0 Å². The number of rotatable bonds is 8. The molecule has 3 heteroatoms. The minimum Gasteiger partial charge on any atom is -0.393 e. The Hall–Kier alpha value is -0.900. The van der Waals surface area contributed by atoms with Crippen molar-refractivity contribution in [2.45, 2.75) is 76.2 Å². The Morgan fingerprint density at radius 1 is 1.18 bits per heavy atom. The molecule has 1 aliphatic heterocycles. The third kappa shape index (κ3) is 5.08. The van der Waals surface area contributed by atoms with E-state index in [4.69, 9.17) is 0 Å². The van der Waals surface area contributed by atoms with Crippen molar-refractivity contribution in [2.75, 3.05) is 7.05 Å². The first-order valence-corrected chi connectivity index (χ1v) is 8.70. The molecule has 1 aliphatic rings. The van der Waals surface area contributed by atoms with Gasteiger partial charge in [-0.15, -0.1) is 0 Å². The molecule has 1 heterocycles. The third-order valence-corrected chi connectivity index (χ3v) is 5.00. The van der Waals surface area contributed by atoms with Crippen molar-refractivity contribution in [3.8, 4) is 0 Å². The van der Waals surface area contributed by atoms with Crippen LogP contribution in [0.1, 0.15) is 51.0 Å². The van der Waals surface area contributed by atoms with Gasteiger partial charge in [-0.1, -0.05) is 49.6 Å². The Morgan fingerprint density at radius 3 is 2.59 bits per heavy atom. The molecule has 0 saturated carbocycles. The number of unbranched alkanes of at least 4 members (excludes halogenated alkanes) is 2. The molecule has 0 amide bonds. The molecule has 1 aromatic carbocycles. The summed E-state index contributed by atoms with van der Waals surface area (Å²) < 4.78 is 0. The monoisotopic (exact) mass is 305 g/mol. The van der Waals surface area contributed by atoms with E-state index in [0.29, 0.717) is 6.04 Å². The first-order valence-electron chi connectivity index (χ1n) is 8.70. The van der Waals surface area contributed by atoms with Gasteiger partial charge in [-0.05, 0) is 45.2 Å². The highest BCUT2D eigenvalue weighted by Crippen LogP contribution is 2.29. The van der Waals surface area contributed by atoms with E-state index in [-0.39, 0.29) is 18.2 Å². The topological polar surface area (TPSA) is 43.7 Å². The maximum absolute atomic E-state index is 10.4. The number of aliphatic hydroxyl groups is 2. The maximum Gasteiger partial charge on any atom is 0.0713 e. The van der Waals surface area contributed by atoms with E-state index in [1.54, 1.807) is 0 Å². The second-order valence-corrected chi connectivity index (χ2v) is 6.87. The zero-order valence-corrected chi connectivity index (χ0v) is 14.0. The molecule has 2 N–H and O–H groups in total.